The van der Waals surface area contributed by atoms with Gasteiger partial charge in [-0.15, -0.1) is 17.9 Å². The highest BCUT2D eigenvalue weighted by Gasteiger charge is 2.36. The van der Waals surface area contributed by atoms with Gasteiger partial charge in [0.25, 0.3) is 0 Å². The first-order valence-corrected chi connectivity index (χ1v) is 7.94. The molecule has 0 aliphatic carbocycles. The van der Waals surface area contributed by atoms with Gasteiger partial charge in [-0.25, -0.2) is 0 Å². The average molecular weight is 278 g/mol. The number of nitrogens with zero attached hydrogens (tertiary/aromatic N) is 2. The molecule has 2 atom stereocenters. The van der Waals surface area contributed by atoms with Crippen molar-refractivity contribution < 1.29 is 4.74 Å². The van der Waals surface area contributed by atoms with Crippen LogP contribution in [0.25, 0.3) is 0 Å². The van der Waals surface area contributed by atoms with E-state index in [1.165, 1.54) is 30.9 Å². The summed E-state index contributed by atoms with van der Waals surface area (Å²) in [7, 11) is 0. The standard InChI is InChI=1S/C15H22N2OS/c1-2-7-18-14-9-13-10-16(5-6-17(13)11-14)12-15-4-3-8-19-15/h2-4,8,13-14H,1,5-7,9-12H2/t13-,14+/m1/s1. The molecule has 2 aliphatic heterocycles. The summed E-state index contributed by atoms with van der Waals surface area (Å²) in [4.78, 5) is 6.66. The van der Waals surface area contributed by atoms with E-state index >= 15 is 0 Å². The van der Waals surface area contributed by atoms with Crippen LogP contribution in [0.5, 0.6) is 0 Å². The van der Waals surface area contributed by atoms with Gasteiger partial charge in [0.15, 0.2) is 0 Å². The molecule has 19 heavy (non-hydrogen) atoms. The lowest BCUT2D eigenvalue weighted by Gasteiger charge is -2.37. The van der Waals surface area contributed by atoms with E-state index in [1.807, 2.05) is 17.4 Å². The Morgan fingerprint density at radius 3 is 3.16 bits per heavy atom. The largest absolute Gasteiger partial charge is 0.373 e. The second-order valence-corrected chi connectivity index (χ2v) is 6.48. The Labute approximate surface area is 119 Å². The van der Waals surface area contributed by atoms with E-state index in [2.05, 4.69) is 33.9 Å². The zero-order valence-electron chi connectivity index (χ0n) is 11.3. The molecule has 0 spiro atoms. The van der Waals surface area contributed by atoms with Crippen LogP contribution in [0.2, 0.25) is 0 Å². The van der Waals surface area contributed by atoms with Crippen molar-refractivity contribution in [2.24, 2.45) is 0 Å². The summed E-state index contributed by atoms with van der Waals surface area (Å²) in [5.41, 5.74) is 0. The molecule has 0 N–H and O–H groups in total. The Hall–Kier alpha value is -0.680. The quantitative estimate of drug-likeness (QED) is 0.768. The van der Waals surface area contributed by atoms with Crippen LogP contribution in [-0.4, -0.2) is 54.7 Å². The van der Waals surface area contributed by atoms with Crippen molar-refractivity contribution in [3.8, 4) is 0 Å². The van der Waals surface area contributed by atoms with Crippen molar-refractivity contribution >= 4 is 11.3 Å². The van der Waals surface area contributed by atoms with E-state index in [4.69, 9.17) is 4.74 Å². The molecule has 0 amide bonds. The van der Waals surface area contributed by atoms with Gasteiger partial charge >= 0.3 is 0 Å². The monoisotopic (exact) mass is 278 g/mol. The van der Waals surface area contributed by atoms with Gasteiger partial charge in [0.2, 0.25) is 0 Å². The minimum absolute atomic E-state index is 0.407. The van der Waals surface area contributed by atoms with Gasteiger partial charge in [0.05, 0.1) is 12.7 Å². The number of ether oxygens (including phenoxy) is 1. The minimum Gasteiger partial charge on any atom is -0.373 e. The highest BCUT2D eigenvalue weighted by atomic mass is 32.1. The van der Waals surface area contributed by atoms with Crippen LogP contribution in [0.1, 0.15) is 11.3 Å². The van der Waals surface area contributed by atoms with E-state index in [0.29, 0.717) is 18.8 Å². The Morgan fingerprint density at radius 1 is 1.42 bits per heavy atom. The molecule has 2 saturated heterocycles. The fraction of sp³-hybridized carbons (Fsp3) is 0.600. The van der Waals surface area contributed by atoms with Gasteiger partial charge in [-0.2, -0.15) is 0 Å². The molecule has 2 fully saturated rings. The van der Waals surface area contributed by atoms with Crippen molar-refractivity contribution in [1.82, 2.24) is 9.80 Å². The zero-order valence-corrected chi connectivity index (χ0v) is 12.1. The van der Waals surface area contributed by atoms with Crippen molar-refractivity contribution in [3.05, 3.63) is 35.0 Å². The molecule has 1 aromatic rings. The summed E-state index contributed by atoms with van der Waals surface area (Å²) >= 11 is 1.86. The summed E-state index contributed by atoms with van der Waals surface area (Å²) in [6, 6.07) is 5.07. The Bertz CT molecular complexity index is 406. The van der Waals surface area contributed by atoms with E-state index < -0.39 is 0 Å². The molecular formula is C15H22N2OS. The van der Waals surface area contributed by atoms with Gasteiger partial charge in [-0.1, -0.05) is 12.1 Å². The lowest BCUT2D eigenvalue weighted by molar-refractivity contribution is 0.0760. The fourth-order valence-electron chi connectivity index (χ4n) is 3.15. The van der Waals surface area contributed by atoms with Crippen molar-refractivity contribution in [2.75, 3.05) is 32.8 Å². The predicted octanol–water partition coefficient (Wildman–Crippen LogP) is 2.21. The van der Waals surface area contributed by atoms with E-state index in [1.54, 1.807) is 0 Å². The predicted molar refractivity (Wildman–Crippen MR) is 79.5 cm³/mol. The number of piperazine rings is 1. The van der Waals surface area contributed by atoms with Gasteiger partial charge in [-0.05, 0) is 17.9 Å². The van der Waals surface area contributed by atoms with Crippen molar-refractivity contribution in [2.45, 2.75) is 25.1 Å². The van der Waals surface area contributed by atoms with Crippen LogP contribution in [0.3, 0.4) is 0 Å². The first-order chi connectivity index (χ1) is 9.35. The van der Waals surface area contributed by atoms with Crippen LogP contribution in [0.4, 0.5) is 0 Å². The van der Waals surface area contributed by atoms with E-state index in [-0.39, 0.29) is 0 Å². The number of thiophene rings is 1. The highest BCUT2D eigenvalue weighted by Crippen LogP contribution is 2.25. The van der Waals surface area contributed by atoms with Crippen molar-refractivity contribution in [1.29, 1.82) is 0 Å². The fourth-order valence-corrected chi connectivity index (χ4v) is 3.90. The summed E-state index contributed by atoms with van der Waals surface area (Å²) in [5.74, 6) is 0. The maximum Gasteiger partial charge on any atom is 0.0721 e. The van der Waals surface area contributed by atoms with Gasteiger partial charge in [0, 0.05) is 43.6 Å². The maximum atomic E-state index is 5.81. The minimum atomic E-state index is 0.407. The third-order valence-electron chi connectivity index (χ3n) is 4.07. The number of hydrogen-bond acceptors (Lipinski definition) is 4. The molecule has 104 valence electrons. The molecule has 0 unspecified atom stereocenters. The second kappa shape index (κ2) is 6.18. The average Bonchev–Trinajstić information content (AvgIpc) is 3.04. The Kier molecular flexibility index (Phi) is 4.33. The first kappa shape index (κ1) is 13.3. The maximum absolute atomic E-state index is 5.81. The summed E-state index contributed by atoms with van der Waals surface area (Å²) in [6.45, 7) is 10.2. The number of hydrogen-bond donors (Lipinski definition) is 0. The highest BCUT2D eigenvalue weighted by molar-refractivity contribution is 7.09. The molecule has 3 heterocycles. The number of fused-ring (bicyclic) bond motifs is 1. The summed E-state index contributed by atoms with van der Waals surface area (Å²) in [6.07, 6.45) is 3.43. The number of rotatable bonds is 5. The second-order valence-electron chi connectivity index (χ2n) is 5.44. The topological polar surface area (TPSA) is 15.7 Å². The van der Waals surface area contributed by atoms with Crippen LogP contribution in [-0.2, 0) is 11.3 Å². The molecule has 0 radical (unpaired) electrons. The SMILES string of the molecule is C=CCO[C@H]1C[C@@H]2CN(Cc3cccs3)CCN2C1. The summed E-state index contributed by atoms with van der Waals surface area (Å²) in [5, 5.41) is 2.17. The smallest absolute Gasteiger partial charge is 0.0721 e. The van der Waals surface area contributed by atoms with E-state index in [0.717, 1.165) is 13.1 Å². The van der Waals surface area contributed by atoms with Gasteiger partial charge < -0.3 is 4.74 Å². The lowest BCUT2D eigenvalue weighted by atomic mass is 10.1. The van der Waals surface area contributed by atoms with Crippen LogP contribution < -0.4 is 0 Å². The van der Waals surface area contributed by atoms with Gasteiger partial charge in [0.1, 0.15) is 0 Å². The van der Waals surface area contributed by atoms with Gasteiger partial charge in [-0.3, -0.25) is 9.80 Å². The molecule has 3 nitrogen and oxygen atoms in total. The normalized spacial score (nSPS) is 28.4. The third-order valence-corrected chi connectivity index (χ3v) is 4.93. The zero-order chi connectivity index (χ0) is 13.1. The summed E-state index contributed by atoms with van der Waals surface area (Å²) < 4.78 is 5.81. The molecule has 2 aliphatic rings. The Morgan fingerprint density at radius 2 is 2.37 bits per heavy atom. The molecule has 0 saturated carbocycles. The van der Waals surface area contributed by atoms with Crippen LogP contribution in [0, 0.1) is 0 Å². The molecule has 1 aromatic heterocycles. The first-order valence-electron chi connectivity index (χ1n) is 7.06. The molecule has 4 heteroatoms. The van der Waals surface area contributed by atoms with Crippen LogP contribution >= 0.6 is 11.3 Å². The Balaban J connectivity index is 1.51. The van der Waals surface area contributed by atoms with Crippen molar-refractivity contribution in [3.63, 3.8) is 0 Å². The van der Waals surface area contributed by atoms with E-state index in [9.17, 15) is 0 Å². The third kappa shape index (κ3) is 3.26. The molecule has 0 aromatic carbocycles. The molecule has 3 rings (SSSR count). The van der Waals surface area contributed by atoms with Crippen LogP contribution in [0.15, 0.2) is 30.2 Å². The molecular weight excluding hydrogens is 256 g/mol. The lowest BCUT2D eigenvalue weighted by Crippen LogP contribution is -2.49. The molecule has 0 bridgehead atoms.